The lowest BCUT2D eigenvalue weighted by atomic mass is 9.94. The van der Waals surface area contributed by atoms with Crippen molar-refractivity contribution in [2.45, 2.75) is 264 Å². The van der Waals surface area contributed by atoms with Crippen LogP contribution in [0.25, 0.3) is 0 Å². The van der Waals surface area contributed by atoms with E-state index in [1.54, 1.807) is 48.5 Å². The van der Waals surface area contributed by atoms with E-state index in [9.17, 15) is 0 Å². The first-order valence-corrected chi connectivity index (χ1v) is 47.6. The highest BCUT2D eigenvalue weighted by atomic mass is 31.2. The van der Waals surface area contributed by atoms with Crippen LogP contribution in [0.1, 0.15) is 225 Å². The van der Waals surface area contributed by atoms with Crippen LogP contribution in [0.4, 0.5) is 0 Å². The van der Waals surface area contributed by atoms with Crippen LogP contribution in [0.2, 0.25) is 0 Å². The Morgan fingerprint density at radius 3 is 0.737 bits per heavy atom. The van der Waals surface area contributed by atoms with E-state index in [2.05, 4.69) is 13.8 Å². The van der Waals surface area contributed by atoms with Crippen molar-refractivity contribution in [3.8, 4) is 0 Å². The monoisotopic (exact) mass is 1640 g/mol. The Balaban J connectivity index is 1.17. The predicted molar refractivity (Wildman–Crippen MR) is 450 cm³/mol. The third-order valence-corrected chi connectivity index (χ3v) is 25.6. The fourth-order valence-electron chi connectivity index (χ4n) is 13.4. The van der Waals surface area contributed by atoms with E-state index in [4.69, 9.17) is 63.8 Å². The second kappa shape index (κ2) is 53.5. The highest BCUT2D eigenvalue weighted by molar-refractivity contribution is 7.49. The van der Waals surface area contributed by atoms with Crippen molar-refractivity contribution in [3.63, 3.8) is 0 Å². The molecule has 9 rings (SSSR count). The molecule has 5 atom stereocenters. The average molecular weight is 1640 g/mol. The summed E-state index contributed by atoms with van der Waals surface area (Å²) in [5, 5.41) is 0. The summed E-state index contributed by atoms with van der Waals surface area (Å²) in [4.78, 5) is 0. The minimum absolute atomic E-state index is 0.0514. The lowest BCUT2D eigenvalue weighted by Crippen LogP contribution is -2.61. The standard InChI is InChI=1S/C92H124O18P4/c1-3-5-7-9-11-13-15-17-19-21-23-33-51-79(52-34-24-22-20-18-16-14-12-10-8-6-4-2)69-97-92-91(110-114(96,104-76-86-65-47-31-48-66-86)105-77-87-67-49-32-50-68-87)90(109-113(95,102-74-84-61-43-29-44-62-84)103-75-85-63-45-30-46-64-85)89(108-112(94,100-72-82-57-39-27-40-58-82)101-73-83-59-41-28-42-60-83)88(107-92)78-106-111(93,98-70-80-53-35-25-36-54-80)99-71-81-55-37-26-38-56-81/h25-32,35-50,53-68,79,88-92H,3-24,33-34,51-52,69-78H2,1-2H3/t88-,89+,90+,91-,92-/m1/s1. The van der Waals surface area contributed by atoms with Crippen LogP contribution in [0.3, 0.4) is 0 Å². The van der Waals surface area contributed by atoms with Gasteiger partial charge in [0.2, 0.25) is 0 Å². The summed E-state index contributed by atoms with van der Waals surface area (Å²) in [5.74, 6) is -0.0514. The first-order chi connectivity index (χ1) is 55.9. The molecule has 0 bridgehead atoms. The Bertz CT molecular complexity index is 3760. The normalized spacial score (nSPS) is 16.2. The average Bonchev–Trinajstić information content (AvgIpc) is 0.759. The molecule has 8 aromatic rings. The summed E-state index contributed by atoms with van der Waals surface area (Å²) in [6, 6.07) is 72.7. The number of ether oxygens (including phenoxy) is 2. The van der Waals surface area contributed by atoms with Gasteiger partial charge in [-0.25, -0.2) is 18.3 Å². The molecule has 8 aromatic carbocycles. The van der Waals surface area contributed by atoms with E-state index in [0.29, 0.717) is 44.5 Å². The first kappa shape index (κ1) is 92.0. The van der Waals surface area contributed by atoms with Gasteiger partial charge in [-0.15, -0.1) is 0 Å². The second-order valence-corrected chi connectivity index (χ2v) is 36.0. The van der Waals surface area contributed by atoms with Crippen molar-refractivity contribution in [2.75, 3.05) is 13.2 Å². The molecule has 1 fully saturated rings. The Morgan fingerprint density at radius 2 is 0.482 bits per heavy atom. The fraction of sp³-hybridized carbons (Fsp3) is 0.478. The fourth-order valence-corrected chi connectivity index (χ4v) is 18.6. The van der Waals surface area contributed by atoms with Crippen molar-refractivity contribution >= 4 is 31.3 Å². The van der Waals surface area contributed by atoms with Gasteiger partial charge >= 0.3 is 31.3 Å². The Kier molecular flexibility index (Phi) is 43.2. The van der Waals surface area contributed by atoms with Crippen LogP contribution in [-0.2, 0) is 135 Å². The minimum Gasteiger partial charge on any atom is -0.350 e. The third-order valence-electron chi connectivity index (χ3n) is 20.0. The molecule has 620 valence electrons. The first-order valence-electron chi connectivity index (χ1n) is 41.7. The van der Waals surface area contributed by atoms with Crippen molar-refractivity contribution in [2.24, 2.45) is 5.92 Å². The highest BCUT2D eigenvalue weighted by Gasteiger charge is 2.58. The number of unbranched alkanes of at least 4 members (excludes halogenated alkanes) is 22. The van der Waals surface area contributed by atoms with E-state index >= 15 is 18.3 Å². The summed E-state index contributed by atoms with van der Waals surface area (Å²) in [7, 11) is -20.1. The second-order valence-electron chi connectivity index (χ2n) is 29.5. The molecule has 114 heavy (non-hydrogen) atoms. The van der Waals surface area contributed by atoms with Gasteiger partial charge in [-0.1, -0.05) is 411 Å². The number of phosphoric ester groups is 4. The van der Waals surface area contributed by atoms with Gasteiger partial charge in [0, 0.05) is 0 Å². The van der Waals surface area contributed by atoms with Gasteiger partial charge in [-0.05, 0) is 63.3 Å². The van der Waals surface area contributed by atoms with Crippen LogP contribution >= 0.6 is 31.3 Å². The van der Waals surface area contributed by atoms with E-state index < -0.39 is 68.6 Å². The lowest BCUT2D eigenvalue weighted by molar-refractivity contribution is -0.295. The SMILES string of the molecule is CCCCCCCCCCCCCCC(CCCCCCCCCCCCCC)CO[C@@H]1O[C@H](COP(=O)(OCc2ccccc2)OCc2ccccc2)[C@H](OP(=O)(OCc2ccccc2)OCc2ccccc2)[C@H](OP(=O)(OCc2ccccc2)OCc2ccccc2)[C@H]1OP(=O)(OCc1ccccc1)OCc1ccccc1. The minimum atomic E-state index is -5.14. The van der Waals surface area contributed by atoms with E-state index in [1.165, 1.54) is 103 Å². The molecule has 22 heteroatoms. The molecular weight excluding hydrogens is 1520 g/mol. The number of hydrogen-bond donors (Lipinski definition) is 0. The predicted octanol–water partition coefficient (Wildman–Crippen LogP) is 26.9. The van der Waals surface area contributed by atoms with Gasteiger partial charge < -0.3 is 9.47 Å². The van der Waals surface area contributed by atoms with Crippen LogP contribution in [0, 0.1) is 5.92 Å². The molecule has 0 aliphatic carbocycles. The maximum Gasteiger partial charge on any atom is 0.475 e. The van der Waals surface area contributed by atoms with Crippen molar-refractivity contribution in [1.29, 1.82) is 0 Å². The molecule has 0 saturated carbocycles. The number of benzene rings is 8. The number of phosphoric acid groups is 4. The maximum absolute atomic E-state index is 16.7. The molecular formula is C92H124O18P4. The molecule has 0 N–H and O–H groups in total. The van der Waals surface area contributed by atoms with Crippen molar-refractivity contribution < 1.29 is 82.0 Å². The molecule has 1 aliphatic heterocycles. The van der Waals surface area contributed by atoms with Gasteiger partial charge in [0.05, 0.1) is 66.1 Å². The molecule has 1 aliphatic rings. The lowest BCUT2D eigenvalue weighted by Gasteiger charge is -2.46. The van der Waals surface area contributed by atoms with Crippen molar-refractivity contribution in [3.05, 3.63) is 287 Å². The van der Waals surface area contributed by atoms with E-state index in [1.807, 2.05) is 194 Å². The summed E-state index contributed by atoms with van der Waals surface area (Å²) in [5.41, 5.74) is 4.95. The smallest absolute Gasteiger partial charge is 0.350 e. The Morgan fingerprint density at radius 1 is 0.263 bits per heavy atom. The largest absolute Gasteiger partial charge is 0.475 e. The number of hydrogen-bond acceptors (Lipinski definition) is 18. The molecule has 0 amide bonds. The summed E-state index contributed by atoms with van der Waals surface area (Å²) in [6.07, 6.45) is 21.0. The van der Waals surface area contributed by atoms with Crippen LogP contribution in [0.15, 0.2) is 243 Å². The zero-order valence-corrected chi connectivity index (χ0v) is 70.7. The Labute approximate surface area is 680 Å². The molecule has 0 spiro atoms. The highest BCUT2D eigenvalue weighted by Crippen LogP contribution is 2.61. The molecule has 0 unspecified atom stereocenters. The quantitative estimate of drug-likeness (QED) is 0.0257. The topological polar surface area (TPSA) is 197 Å². The Hall–Kier alpha value is -5.88. The van der Waals surface area contributed by atoms with Gasteiger partial charge in [-0.3, -0.25) is 54.3 Å². The molecule has 0 radical (unpaired) electrons. The van der Waals surface area contributed by atoms with Gasteiger partial charge in [0.1, 0.15) is 24.4 Å². The van der Waals surface area contributed by atoms with Crippen LogP contribution < -0.4 is 0 Å². The van der Waals surface area contributed by atoms with Crippen LogP contribution in [0.5, 0.6) is 0 Å². The maximum atomic E-state index is 16.7. The van der Waals surface area contributed by atoms with Crippen LogP contribution in [-0.4, -0.2) is 43.9 Å². The molecule has 18 nitrogen and oxygen atoms in total. The third kappa shape index (κ3) is 36.1. The summed E-state index contributed by atoms with van der Waals surface area (Å²) < 4.78 is 159. The van der Waals surface area contributed by atoms with Gasteiger partial charge in [0.25, 0.3) is 0 Å². The van der Waals surface area contributed by atoms with E-state index in [-0.39, 0.29) is 65.4 Å². The summed E-state index contributed by atoms with van der Waals surface area (Å²) >= 11 is 0. The zero-order valence-electron chi connectivity index (χ0n) is 67.2. The molecule has 1 saturated heterocycles. The van der Waals surface area contributed by atoms with Gasteiger partial charge in [0.15, 0.2) is 6.29 Å². The van der Waals surface area contributed by atoms with Gasteiger partial charge in [-0.2, -0.15) is 0 Å². The number of rotatable bonds is 62. The molecule has 1 heterocycles. The molecule has 0 aromatic heterocycles. The summed E-state index contributed by atoms with van der Waals surface area (Å²) in [6.45, 7) is 1.52. The zero-order chi connectivity index (χ0) is 79.7. The van der Waals surface area contributed by atoms with E-state index in [0.717, 1.165) is 64.2 Å². The van der Waals surface area contributed by atoms with Crippen molar-refractivity contribution in [1.82, 2.24) is 0 Å².